The predicted octanol–water partition coefficient (Wildman–Crippen LogP) is 0.00240. The lowest BCUT2D eigenvalue weighted by Gasteiger charge is -2.20. The van der Waals surface area contributed by atoms with Crippen LogP contribution in [-0.4, -0.2) is 35.4 Å². The molecule has 1 aromatic rings. The Morgan fingerprint density at radius 1 is 1.46 bits per heavy atom. The third-order valence-corrected chi connectivity index (χ3v) is 1.89. The standard InChI is InChI=1S/C9H14N2O2/c1-11(4-5-12)9-2-3-10-6-8(9)7-13/h2-3,6,12-13H,4-5,7H2,1H3. The summed E-state index contributed by atoms with van der Waals surface area (Å²) in [6, 6.07) is 1.82. The maximum atomic E-state index is 9.01. The number of rotatable bonds is 4. The monoisotopic (exact) mass is 182 g/mol. The van der Waals surface area contributed by atoms with Gasteiger partial charge in [-0.3, -0.25) is 4.98 Å². The molecule has 4 nitrogen and oxygen atoms in total. The molecule has 0 amide bonds. The van der Waals surface area contributed by atoms with Crippen molar-refractivity contribution in [3.05, 3.63) is 24.0 Å². The number of hydrogen-bond acceptors (Lipinski definition) is 4. The van der Waals surface area contributed by atoms with Gasteiger partial charge in [0, 0.05) is 37.2 Å². The van der Waals surface area contributed by atoms with Gasteiger partial charge in [0.25, 0.3) is 0 Å². The molecule has 0 aliphatic heterocycles. The van der Waals surface area contributed by atoms with Crippen molar-refractivity contribution < 1.29 is 10.2 Å². The highest BCUT2D eigenvalue weighted by Crippen LogP contribution is 2.16. The number of hydrogen-bond donors (Lipinski definition) is 2. The quantitative estimate of drug-likeness (QED) is 0.688. The van der Waals surface area contributed by atoms with Crippen molar-refractivity contribution >= 4 is 5.69 Å². The molecule has 0 fully saturated rings. The molecule has 0 unspecified atom stereocenters. The Labute approximate surface area is 77.5 Å². The first-order chi connectivity index (χ1) is 6.29. The highest BCUT2D eigenvalue weighted by molar-refractivity contribution is 5.51. The molecule has 0 saturated carbocycles. The van der Waals surface area contributed by atoms with Crippen LogP contribution in [0.15, 0.2) is 18.5 Å². The van der Waals surface area contributed by atoms with Gasteiger partial charge in [-0.15, -0.1) is 0 Å². The summed E-state index contributed by atoms with van der Waals surface area (Å²) in [7, 11) is 1.87. The summed E-state index contributed by atoms with van der Waals surface area (Å²) >= 11 is 0. The van der Waals surface area contributed by atoms with Crippen molar-refractivity contribution in [1.82, 2.24) is 4.98 Å². The van der Waals surface area contributed by atoms with E-state index in [1.165, 1.54) is 0 Å². The van der Waals surface area contributed by atoms with Crippen LogP contribution in [0.25, 0.3) is 0 Å². The minimum Gasteiger partial charge on any atom is -0.395 e. The van der Waals surface area contributed by atoms with E-state index in [2.05, 4.69) is 4.98 Å². The number of nitrogens with zero attached hydrogens (tertiary/aromatic N) is 2. The van der Waals surface area contributed by atoms with Crippen molar-refractivity contribution in [3.8, 4) is 0 Å². The fourth-order valence-electron chi connectivity index (χ4n) is 1.18. The van der Waals surface area contributed by atoms with Crippen molar-refractivity contribution in [2.45, 2.75) is 6.61 Å². The molecule has 1 rings (SSSR count). The topological polar surface area (TPSA) is 56.6 Å². The molecule has 0 radical (unpaired) electrons. The van der Waals surface area contributed by atoms with E-state index in [9.17, 15) is 0 Å². The normalized spacial score (nSPS) is 10.1. The van der Waals surface area contributed by atoms with E-state index in [4.69, 9.17) is 10.2 Å². The highest BCUT2D eigenvalue weighted by atomic mass is 16.3. The molecule has 1 aromatic heterocycles. The average molecular weight is 182 g/mol. The van der Waals surface area contributed by atoms with Crippen LogP contribution in [0.1, 0.15) is 5.56 Å². The maximum Gasteiger partial charge on any atom is 0.0717 e. The van der Waals surface area contributed by atoms with E-state index < -0.39 is 0 Å². The molecule has 0 aliphatic rings. The van der Waals surface area contributed by atoms with Crippen LogP contribution in [-0.2, 0) is 6.61 Å². The molecule has 2 N–H and O–H groups in total. The zero-order chi connectivity index (χ0) is 9.68. The lowest BCUT2D eigenvalue weighted by Crippen LogP contribution is -2.22. The summed E-state index contributed by atoms with van der Waals surface area (Å²) in [6.45, 7) is 0.625. The number of pyridine rings is 1. The highest BCUT2D eigenvalue weighted by Gasteiger charge is 2.04. The number of aliphatic hydroxyl groups excluding tert-OH is 2. The Kier molecular flexibility index (Phi) is 3.67. The van der Waals surface area contributed by atoms with Crippen molar-refractivity contribution in [2.75, 3.05) is 25.1 Å². The van der Waals surface area contributed by atoms with Crippen LogP contribution < -0.4 is 4.90 Å². The molecule has 0 bridgehead atoms. The summed E-state index contributed by atoms with van der Waals surface area (Å²) in [6.07, 6.45) is 3.30. The molecule has 4 heteroatoms. The molecular formula is C9H14N2O2. The van der Waals surface area contributed by atoms with Crippen LogP contribution in [0.2, 0.25) is 0 Å². The predicted molar refractivity (Wildman–Crippen MR) is 50.5 cm³/mol. The van der Waals surface area contributed by atoms with Gasteiger partial charge >= 0.3 is 0 Å². The number of likely N-dealkylation sites (N-methyl/N-ethyl adjacent to an activating group) is 1. The second-order valence-corrected chi connectivity index (χ2v) is 2.81. The van der Waals surface area contributed by atoms with Gasteiger partial charge in [0.2, 0.25) is 0 Å². The van der Waals surface area contributed by atoms with Crippen molar-refractivity contribution in [2.24, 2.45) is 0 Å². The van der Waals surface area contributed by atoms with Crippen molar-refractivity contribution in [1.29, 1.82) is 0 Å². The Morgan fingerprint density at radius 2 is 2.23 bits per heavy atom. The first kappa shape index (κ1) is 9.95. The summed E-state index contributed by atoms with van der Waals surface area (Å²) < 4.78 is 0. The minimum atomic E-state index is -0.0288. The molecule has 0 spiro atoms. The number of aliphatic hydroxyl groups is 2. The number of aromatic nitrogens is 1. The fraction of sp³-hybridized carbons (Fsp3) is 0.444. The Hall–Kier alpha value is -1.13. The summed E-state index contributed by atoms with van der Waals surface area (Å²) in [5, 5.41) is 17.7. The second kappa shape index (κ2) is 4.79. The first-order valence-corrected chi connectivity index (χ1v) is 4.15. The van der Waals surface area contributed by atoms with Gasteiger partial charge in [-0.25, -0.2) is 0 Å². The van der Waals surface area contributed by atoms with E-state index in [-0.39, 0.29) is 13.2 Å². The Morgan fingerprint density at radius 3 is 2.85 bits per heavy atom. The maximum absolute atomic E-state index is 9.01. The Bertz CT molecular complexity index is 266. The van der Waals surface area contributed by atoms with Crippen molar-refractivity contribution in [3.63, 3.8) is 0 Å². The number of anilines is 1. The van der Waals surface area contributed by atoms with Gasteiger partial charge in [0.15, 0.2) is 0 Å². The van der Waals surface area contributed by atoms with Gasteiger partial charge in [-0.1, -0.05) is 0 Å². The lowest BCUT2D eigenvalue weighted by atomic mass is 10.2. The third-order valence-electron chi connectivity index (χ3n) is 1.89. The van der Waals surface area contributed by atoms with Gasteiger partial charge in [0.05, 0.1) is 13.2 Å². The average Bonchev–Trinajstić information content (AvgIpc) is 2.18. The molecule has 0 atom stereocenters. The fourth-order valence-corrected chi connectivity index (χ4v) is 1.18. The molecule has 72 valence electrons. The zero-order valence-electron chi connectivity index (χ0n) is 7.64. The third kappa shape index (κ3) is 2.40. The lowest BCUT2D eigenvalue weighted by molar-refractivity contribution is 0.280. The smallest absolute Gasteiger partial charge is 0.0717 e. The molecule has 13 heavy (non-hydrogen) atoms. The molecule has 1 heterocycles. The van der Waals surface area contributed by atoms with Gasteiger partial charge < -0.3 is 15.1 Å². The molecule has 0 aromatic carbocycles. The SMILES string of the molecule is CN(CCO)c1ccncc1CO. The van der Waals surface area contributed by atoms with Gasteiger partial charge in [-0.05, 0) is 6.07 Å². The Balaban J connectivity index is 2.85. The van der Waals surface area contributed by atoms with Gasteiger partial charge in [-0.2, -0.15) is 0 Å². The zero-order valence-corrected chi connectivity index (χ0v) is 7.64. The van der Waals surface area contributed by atoms with Crippen LogP contribution in [0.3, 0.4) is 0 Å². The van der Waals surface area contributed by atoms with Crippen LogP contribution in [0.5, 0.6) is 0 Å². The van der Waals surface area contributed by atoms with Gasteiger partial charge in [0.1, 0.15) is 0 Å². The van der Waals surface area contributed by atoms with Crippen LogP contribution in [0, 0.1) is 0 Å². The second-order valence-electron chi connectivity index (χ2n) is 2.81. The molecular weight excluding hydrogens is 168 g/mol. The van der Waals surface area contributed by atoms with E-state index in [0.29, 0.717) is 6.54 Å². The minimum absolute atomic E-state index is 0.0288. The molecule has 0 aliphatic carbocycles. The van der Waals surface area contributed by atoms with E-state index in [0.717, 1.165) is 11.3 Å². The van der Waals surface area contributed by atoms with Crippen LogP contribution in [0.4, 0.5) is 5.69 Å². The van der Waals surface area contributed by atoms with Crippen LogP contribution >= 0.6 is 0 Å². The first-order valence-electron chi connectivity index (χ1n) is 4.15. The summed E-state index contributed by atoms with van der Waals surface area (Å²) in [5.41, 5.74) is 1.69. The summed E-state index contributed by atoms with van der Waals surface area (Å²) in [5.74, 6) is 0. The molecule has 0 saturated heterocycles. The van der Waals surface area contributed by atoms with E-state index in [1.807, 2.05) is 18.0 Å². The summed E-state index contributed by atoms with van der Waals surface area (Å²) in [4.78, 5) is 5.79. The van der Waals surface area contributed by atoms with E-state index >= 15 is 0 Å². The van der Waals surface area contributed by atoms with E-state index in [1.54, 1.807) is 12.4 Å². The largest absolute Gasteiger partial charge is 0.395 e.